The molecule has 0 saturated carbocycles. The van der Waals surface area contributed by atoms with Crippen LogP contribution in [0.2, 0.25) is 0 Å². The fourth-order valence-electron chi connectivity index (χ4n) is 5.24. The van der Waals surface area contributed by atoms with Crippen LogP contribution in [0.15, 0.2) is 85.1 Å². The summed E-state index contributed by atoms with van der Waals surface area (Å²) >= 11 is 0. The molecule has 0 fully saturated rings. The number of ether oxygens (including phenoxy) is 4. The Kier molecular flexibility index (Phi) is 10.6. The number of nitrogens with zero attached hydrogens (tertiary/aromatic N) is 1. The number of pyridine rings is 1. The number of hydrogen-bond acceptors (Lipinski definition) is 10. The van der Waals surface area contributed by atoms with E-state index in [2.05, 4.69) is 25.7 Å². The molecule has 0 aliphatic heterocycles. The van der Waals surface area contributed by atoms with Crippen LogP contribution in [0.25, 0.3) is 10.8 Å². The van der Waals surface area contributed by atoms with Gasteiger partial charge < -0.3 is 34.9 Å². The summed E-state index contributed by atoms with van der Waals surface area (Å²) < 4.78 is 48.8. The van der Waals surface area contributed by atoms with Gasteiger partial charge >= 0.3 is 12.0 Å². The first-order valence-corrected chi connectivity index (χ1v) is 17.5. The molecule has 2 amide bonds. The summed E-state index contributed by atoms with van der Waals surface area (Å²) in [5, 5.41) is 10.3. The molecular formula is C37H39N5O8S. The lowest BCUT2D eigenvalue weighted by atomic mass is 9.86. The maximum atomic E-state index is 13.4. The van der Waals surface area contributed by atoms with Crippen molar-refractivity contribution in [3.8, 4) is 23.0 Å². The summed E-state index contributed by atoms with van der Waals surface area (Å²) in [7, 11) is 0.571. The summed E-state index contributed by atoms with van der Waals surface area (Å²) in [4.78, 5) is 30.0. The number of aromatic nitrogens is 1. The van der Waals surface area contributed by atoms with Crippen molar-refractivity contribution in [2.24, 2.45) is 0 Å². The lowest BCUT2D eigenvalue weighted by Gasteiger charge is -2.24. The average Bonchev–Trinajstić information content (AvgIpc) is 3.07. The van der Waals surface area contributed by atoms with Crippen molar-refractivity contribution < 1.29 is 37.0 Å². The van der Waals surface area contributed by atoms with Gasteiger partial charge in [0.1, 0.15) is 23.1 Å². The van der Waals surface area contributed by atoms with Crippen molar-refractivity contribution in [3.63, 3.8) is 0 Å². The number of sulfonamides is 1. The molecule has 0 radical (unpaired) electrons. The van der Waals surface area contributed by atoms with Crippen LogP contribution in [0.1, 0.15) is 36.7 Å². The second-order valence-electron chi connectivity index (χ2n) is 12.5. The zero-order chi connectivity index (χ0) is 36.9. The standard InChI is InChI=1S/C37H39N5O8S/c1-37(2,3)23-18-30(34(48-5)31(19-23)42-51(7,45)46)41-36(44)40-29-12-13-32(28-11-9-8-10-27(28)29)50-25-14-15-38-33(21-25)39-24-16-22(35(43)49-6)17-26(20-24)47-4/h8-21,42H,1-7H3,(H,38,39)(H2,40,41,44). The Bertz CT molecular complexity index is 2220. The Morgan fingerprint density at radius 1 is 0.765 bits per heavy atom. The Balaban J connectivity index is 1.39. The lowest BCUT2D eigenvalue weighted by Crippen LogP contribution is -2.22. The number of anilines is 5. The quantitative estimate of drug-likeness (QED) is 0.0989. The third kappa shape index (κ3) is 8.97. The average molecular weight is 714 g/mol. The monoisotopic (exact) mass is 713 g/mol. The van der Waals surface area contributed by atoms with Crippen LogP contribution in [0.4, 0.5) is 33.4 Å². The second-order valence-corrected chi connectivity index (χ2v) is 14.3. The van der Waals surface area contributed by atoms with Gasteiger partial charge in [0.25, 0.3) is 0 Å². The molecular weight excluding hydrogens is 675 g/mol. The molecule has 1 heterocycles. The van der Waals surface area contributed by atoms with Crippen LogP contribution < -0.4 is 34.9 Å². The molecule has 5 aromatic rings. The highest BCUT2D eigenvalue weighted by atomic mass is 32.2. The highest BCUT2D eigenvalue weighted by molar-refractivity contribution is 7.92. The Hall–Kier alpha value is -6.02. The van der Waals surface area contributed by atoms with Crippen LogP contribution >= 0.6 is 0 Å². The molecule has 0 spiro atoms. The summed E-state index contributed by atoms with van der Waals surface area (Å²) in [6.45, 7) is 5.93. The summed E-state index contributed by atoms with van der Waals surface area (Å²) in [6, 6.07) is 22.1. The molecule has 0 saturated heterocycles. The molecule has 4 aromatic carbocycles. The predicted octanol–water partition coefficient (Wildman–Crippen LogP) is 7.89. The summed E-state index contributed by atoms with van der Waals surface area (Å²) in [5.74, 6) is 1.59. The highest BCUT2D eigenvalue weighted by Gasteiger charge is 2.22. The van der Waals surface area contributed by atoms with E-state index >= 15 is 0 Å². The topological polar surface area (TPSA) is 166 Å². The van der Waals surface area contributed by atoms with Gasteiger partial charge in [-0.2, -0.15) is 0 Å². The van der Waals surface area contributed by atoms with E-state index in [0.717, 1.165) is 17.2 Å². The molecule has 14 heteroatoms. The van der Waals surface area contributed by atoms with E-state index in [9.17, 15) is 18.0 Å². The number of esters is 1. The van der Waals surface area contributed by atoms with E-state index in [-0.39, 0.29) is 22.5 Å². The smallest absolute Gasteiger partial charge is 0.338 e. The van der Waals surface area contributed by atoms with Crippen molar-refractivity contribution in [3.05, 3.63) is 96.2 Å². The normalized spacial score (nSPS) is 11.4. The van der Waals surface area contributed by atoms with Gasteiger partial charge in [0.05, 0.1) is 50.2 Å². The Morgan fingerprint density at radius 2 is 1.47 bits per heavy atom. The Labute approximate surface area is 296 Å². The Morgan fingerprint density at radius 3 is 2.14 bits per heavy atom. The van der Waals surface area contributed by atoms with E-state index < -0.39 is 22.0 Å². The van der Waals surface area contributed by atoms with Crippen LogP contribution in [-0.4, -0.2) is 53.0 Å². The van der Waals surface area contributed by atoms with E-state index in [1.807, 2.05) is 45.0 Å². The number of fused-ring (bicyclic) bond motifs is 1. The van der Waals surface area contributed by atoms with Crippen molar-refractivity contribution in [2.45, 2.75) is 26.2 Å². The zero-order valence-corrected chi connectivity index (χ0v) is 30.0. The van der Waals surface area contributed by atoms with Gasteiger partial charge in [0.2, 0.25) is 10.0 Å². The highest BCUT2D eigenvalue weighted by Crippen LogP contribution is 2.40. The fraction of sp³-hybridized carbons (Fsp3) is 0.216. The number of nitrogens with one attached hydrogen (secondary N) is 4. The molecule has 13 nitrogen and oxygen atoms in total. The van der Waals surface area contributed by atoms with Gasteiger partial charge in [0.15, 0.2) is 5.75 Å². The zero-order valence-electron chi connectivity index (χ0n) is 29.2. The van der Waals surface area contributed by atoms with Crippen molar-refractivity contribution in [1.82, 2.24) is 4.98 Å². The molecule has 51 heavy (non-hydrogen) atoms. The van der Waals surface area contributed by atoms with Gasteiger partial charge in [-0.25, -0.2) is 23.0 Å². The van der Waals surface area contributed by atoms with E-state index in [1.54, 1.807) is 60.8 Å². The maximum absolute atomic E-state index is 13.4. The number of benzene rings is 4. The number of methoxy groups -OCH3 is 3. The van der Waals surface area contributed by atoms with Gasteiger partial charge in [0, 0.05) is 34.8 Å². The van der Waals surface area contributed by atoms with Crippen LogP contribution in [0, 0.1) is 0 Å². The van der Waals surface area contributed by atoms with Crippen molar-refractivity contribution >= 4 is 61.4 Å². The molecule has 5 rings (SSSR count). The van der Waals surface area contributed by atoms with Gasteiger partial charge in [-0.3, -0.25) is 4.72 Å². The van der Waals surface area contributed by atoms with Crippen LogP contribution in [-0.2, 0) is 20.2 Å². The summed E-state index contributed by atoms with van der Waals surface area (Å²) in [6.07, 6.45) is 2.63. The minimum Gasteiger partial charge on any atom is -0.497 e. The number of urea groups is 1. The third-order valence-corrected chi connectivity index (χ3v) is 8.22. The molecule has 0 atom stereocenters. The SMILES string of the molecule is COC(=O)c1cc(Nc2cc(Oc3ccc(NC(=O)Nc4cc(C(C)(C)C)cc(NS(C)(=O)=O)c4OC)c4ccccc34)ccn2)cc(OC)c1. The molecule has 1 aromatic heterocycles. The number of hydrogen-bond donors (Lipinski definition) is 4. The largest absolute Gasteiger partial charge is 0.497 e. The predicted molar refractivity (Wildman–Crippen MR) is 199 cm³/mol. The maximum Gasteiger partial charge on any atom is 0.338 e. The van der Waals surface area contributed by atoms with Gasteiger partial charge in [-0.1, -0.05) is 45.0 Å². The van der Waals surface area contributed by atoms with Crippen LogP contribution in [0.5, 0.6) is 23.0 Å². The van der Waals surface area contributed by atoms with Crippen LogP contribution in [0.3, 0.4) is 0 Å². The van der Waals surface area contributed by atoms with Gasteiger partial charge in [-0.15, -0.1) is 0 Å². The number of amides is 2. The fourth-order valence-corrected chi connectivity index (χ4v) is 5.79. The lowest BCUT2D eigenvalue weighted by molar-refractivity contribution is 0.0600. The minimum absolute atomic E-state index is 0.165. The van der Waals surface area contributed by atoms with E-state index in [0.29, 0.717) is 45.4 Å². The summed E-state index contributed by atoms with van der Waals surface area (Å²) in [5.41, 5.74) is 2.28. The van der Waals surface area contributed by atoms with Crippen molar-refractivity contribution in [2.75, 3.05) is 48.3 Å². The first kappa shape index (κ1) is 36.3. The molecule has 0 unspecified atom stereocenters. The first-order chi connectivity index (χ1) is 24.2. The van der Waals surface area contributed by atoms with E-state index in [1.165, 1.54) is 21.3 Å². The van der Waals surface area contributed by atoms with Crippen molar-refractivity contribution in [1.29, 1.82) is 0 Å². The van der Waals surface area contributed by atoms with Gasteiger partial charge in [-0.05, 0) is 53.4 Å². The number of carbonyl (C=O) groups excluding carboxylic acids is 2. The molecule has 4 N–H and O–H groups in total. The third-order valence-electron chi connectivity index (χ3n) is 7.63. The molecule has 0 aliphatic carbocycles. The minimum atomic E-state index is -3.64. The molecule has 266 valence electrons. The second kappa shape index (κ2) is 14.8. The molecule has 0 aliphatic rings. The first-order valence-electron chi connectivity index (χ1n) is 15.7. The number of carbonyl (C=O) groups is 2. The number of rotatable bonds is 11. The molecule has 0 bridgehead atoms. The van der Waals surface area contributed by atoms with E-state index in [4.69, 9.17) is 18.9 Å².